The lowest BCUT2D eigenvalue weighted by Gasteiger charge is -2.16. The summed E-state index contributed by atoms with van der Waals surface area (Å²) in [7, 11) is 1.54. The summed E-state index contributed by atoms with van der Waals surface area (Å²) < 4.78 is 5.23. The van der Waals surface area contributed by atoms with E-state index in [1.807, 2.05) is 13.8 Å². The van der Waals surface area contributed by atoms with E-state index in [0.29, 0.717) is 17.1 Å². The maximum absolute atomic E-state index is 12.1. The third kappa shape index (κ3) is 4.26. The fourth-order valence-corrected chi connectivity index (χ4v) is 1.98. The second-order valence-corrected chi connectivity index (χ2v) is 4.60. The van der Waals surface area contributed by atoms with Gasteiger partial charge in [-0.15, -0.1) is 0 Å². The minimum atomic E-state index is -0.160. The Balaban J connectivity index is 2.96. The van der Waals surface area contributed by atoms with Gasteiger partial charge in [0.05, 0.1) is 12.8 Å². The van der Waals surface area contributed by atoms with Crippen molar-refractivity contribution in [2.75, 3.05) is 17.7 Å². The standard InChI is InChI=1S/C15H22N2O3/c1-5-11(6-2)15(19)17-13-9-12(16-10(3)18)7-8-14(13)20-4/h7-9,11H,5-6H2,1-4H3,(H,16,18)(H,17,19). The van der Waals surface area contributed by atoms with Crippen LogP contribution in [0.2, 0.25) is 0 Å². The van der Waals surface area contributed by atoms with E-state index in [1.54, 1.807) is 25.3 Å². The molecule has 0 unspecified atom stereocenters. The maximum Gasteiger partial charge on any atom is 0.227 e. The van der Waals surface area contributed by atoms with Crippen molar-refractivity contribution in [1.29, 1.82) is 0 Å². The lowest BCUT2D eigenvalue weighted by atomic mass is 10.0. The van der Waals surface area contributed by atoms with Crippen molar-refractivity contribution in [3.63, 3.8) is 0 Å². The summed E-state index contributed by atoms with van der Waals surface area (Å²) in [6.07, 6.45) is 1.58. The van der Waals surface area contributed by atoms with E-state index in [9.17, 15) is 9.59 Å². The Morgan fingerprint density at radius 2 is 1.85 bits per heavy atom. The zero-order valence-corrected chi connectivity index (χ0v) is 12.4. The normalized spacial score (nSPS) is 10.2. The average Bonchev–Trinajstić information content (AvgIpc) is 2.39. The molecule has 0 radical (unpaired) electrons. The van der Waals surface area contributed by atoms with Crippen LogP contribution in [0.15, 0.2) is 18.2 Å². The summed E-state index contributed by atoms with van der Waals surface area (Å²) in [6, 6.07) is 5.14. The molecule has 1 aromatic carbocycles. The van der Waals surface area contributed by atoms with Gasteiger partial charge in [0.25, 0.3) is 0 Å². The monoisotopic (exact) mass is 278 g/mol. The molecule has 20 heavy (non-hydrogen) atoms. The molecule has 0 aliphatic rings. The van der Waals surface area contributed by atoms with Crippen molar-refractivity contribution in [3.8, 4) is 5.75 Å². The molecular formula is C15H22N2O3. The van der Waals surface area contributed by atoms with Crippen molar-refractivity contribution in [2.24, 2.45) is 5.92 Å². The number of hydrogen-bond acceptors (Lipinski definition) is 3. The van der Waals surface area contributed by atoms with E-state index < -0.39 is 0 Å². The van der Waals surface area contributed by atoms with Gasteiger partial charge in [0.1, 0.15) is 5.75 Å². The minimum absolute atomic E-state index is 0.0240. The molecule has 0 saturated heterocycles. The molecule has 0 fully saturated rings. The highest BCUT2D eigenvalue weighted by Gasteiger charge is 2.16. The molecule has 0 atom stereocenters. The van der Waals surface area contributed by atoms with Crippen LogP contribution in [0, 0.1) is 5.92 Å². The van der Waals surface area contributed by atoms with Gasteiger partial charge in [0, 0.05) is 18.5 Å². The Bertz CT molecular complexity index is 482. The van der Waals surface area contributed by atoms with E-state index in [0.717, 1.165) is 12.8 Å². The highest BCUT2D eigenvalue weighted by Crippen LogP contribution is 2.28. The number of nitrogens with one attached hydrogen (secondary N) is 2. The van der Waals surface area contributed by atoms with Gasteiger partial charge in [-0.05, 0) is 31.0 Å². The molecule has 0 bridgehead atoms. The Kier molecular flexibility index (Phi) is 6.03. The Morgan fingerprint density at radius 1 is 1.20 bits per heavy atom. The van der Waals surface area contributed by atoms with Crippen molar-refractivity contribution >= 4 is 23.2 Å². The fraction of sp³-hybridized carbons (Fsp3) is 0.467. The second-order valence-electron chi connectivity index (χ2n) is 4.60. The maximum atomic E-state index is 12.1. The number of ether oxygens (including phenoxy) is 1. The first-order valence-electron chi connectivity index (χ1n) is 6.78. The van der Waals surface area contributed by atoms with Gasteiger partial charge in [0.2, 0.25) is 11.8 Å². The number of carbonyl (C=O) groups excluding carboxylic acids is 2. The Labute approximate surface area is 119 Å². The van der Waals surface area contributed by atoms with Crippen molar-refractivity contribution in [2.45, 2.75) is 33.6 Å². The number of hydrogen-bond donors (Lipinski definition) is 2. The molecule has 5 heteroatoms. The Hall–Kier alpha value is -2.04. The highest BCUT2D eigenvalue weighted by atomic mass is 16.5. The van der Waals surface area contributed by atoms with Gasteiger partial charge in [0.15, 0.2) is 0 Å². The van der Waals surface area contributed by atoms with E-state index in [4.69, 9.17) is 4.74 Å². The van der Waals surface area contributed by atoms with Crippen LogP contribution in [-0.4, -0.2) is 18.9 Å². The van der Waals surface area contributed by atoms with Crippen molar-refractivity contribution in [1.82, 2.24) is 0 Å². The van der Waals surface area contributed by atoms with Crippen LogP contribution in [-0.2, 0) is 9.59 Å². The summed E-state index contributed by atoms with van der Waals surface area (Å²) in [4.78, 5) is 23.2. The molecule has 0 spiro atoms. The van der Waals surface area contributed by atoms with Crippen LogP contribution in [0.4, 0.5) is 11.4 Å². The first-order valence-corrected chi connectivity index (χ1v) is 6.78. The van der Waals surface area contributed by atoms with Gasteiger partial charge >= 0.3 is 0 Å². The summed E-state index contributed by atoms with van der Waals surface area (Å²) >= 11 is 0. The van der Waals surface area contributed by atoms with E-state index in [2.05, 4.69) is 10.6 Å². The minimum Gasteiger partial charge on any atom is -0.495 e. The number of methoxy groups -OCH3 is 1. The lowest BCUT2D eigenvalue weighted by Crippen LogP contribution is -2.22. The molecule has 2 N–H and O–H groups in total. The topological polar surface area (TPSA) is 67.4 Å². The SMILES string of the molecule is CCC(CC)C(=O)Nc1cc(NC(C)=O)ccc1OC. The van der Waals surface area contributed by atoms with Gasteiger partial charge in [-0.1, -0.05) is 13.8 Å². The average molecular weight is 278 g/mol. The molecule has 0 aliphatic heterocycles. The van der Waals surface area contributed by atoms with E-state index >= 15 is 0 Å². The number of anilines is 2. The molecule has 1 aromatic rings. The first-order chi connectivity index (χ1) is 9.51. The van der Waals surface area contributed by atoms with Crippen molar-refractivity contribution < 1.29 is 14.3 Å². The number of carbonyl (C=O) groups is 2. The van der Waals surface area contributed by atoms with Crippen LogP contribution in [0.5, 0.6) is 5.75 Å². The van der Waals surface area contributed by atoms with Crippen LogP contribution in [0.25, 0.3) is 0 Å². The zero-order valence-electron chi connectivity index (χ0n) is 12.4. The van der Waals surface area contributed by atoms with Crippen LogP contribution >= 0.6 is 0 Å². The van der Waals surface area contributed by atoms with E-state index in [-0.39, 0.29) is 17.7 Å². The molecule has 0 aromatic heterocycles. The second kappa shape index (κ2) is 7.53. The molecule has 0 aliphatic carbocycles. The number of amides is 2. The number of rotatable bonds is 6. The summed E-state index contributed by atoms with van der Waals surface area (Å²) in [5, 5.41) is 5.54. The predicted molar refractivity (Wildman–Crippen MR) is 80.0 cm³/mol. The third-order valence-electron chi connectivity index (χ3n) is 3.13. The van der Waals surface area contributed by atoms with Gasteiger partial charge in [-0.2, -0.15) is 0 Å². The predicted octanol–water partition coefficient (Wildman–Crippen LogP) is 3.03. The largest absolute Gasteiger partial charge is 0.495 e. The quantitative estimate of drug-likeness (QED) is 0.840. The smallest absolute Gasteiger partial charge is 0.227 e. The molecule has 5 nitrogen and oxygen atoms in total. The molecule has 2 amide bonds. The summed E-state index contributed by atoms with van der Waals surface area (Å²) in [5.41, 5.74) is 1.19. The van der Waals surface area contributed by atoms with E-state index in [1.165, 1.54) is 6.92 Å². The molecule has 1 rings (SSSR count). The third-order valence-corrected chi connectivity index (χ3v) is 3.13. The van der Waals surface area contributed by atoms with Gasteiger partial charge in [-0.25, -0.2) is 0 Å². The van der Waals surface area contributed by atoms with Gasteiger partial charge in [-0.3, -0.25) is 9.59 Å². The fourth-order valence-electron chi connectivity index (χ4n) is 1.98. The summed E-state index contributed by atoms with van der Waals surface area (Å²) in [5.74, 6) is 0.350. The van der Waals surface area contributed by atoms with Crippen LogP contribution < -0.4 is 15.4 Å². The lowest BCUT2D eigenvalue weighted by molar-refractivity contribution is -0.120. The molecule has 110 valence electrons. The van der Waals surface area contributed by atoms with Crippen LogP contribution in [0.3, 0.4) is 0 Å². The van der Waals surface area contributed by atoms with Gasteiger partial charge < -0.3 is 15.4 Å². The molecular weight excluding hydrogens is 256 g/mol. The van der Waals surface area contributed by atoms with Crippen LogP contribution in [0.1, 0.15) is 33.6 Å². The molecule has 0 saturated carbocycles. The number of benzene rings is 1. The summed E-state index contributed by atoms with van der Waals surface area (Å²) in [6.45, 7) is 5.41. The van der Waals surface area contributed by atoms with Crippen molar-refractivity contribution in [3.05, 3.63) is 18.2 Å². The zero-order chi connectivity index (χ0) is 15.1. The highest BCUT2D eigenvalue weighted by molar-refractivity contribution is 5.96. The first kappa shape index (κ1) is 16.0. The Morgan fingerprint density at radius 3 is 2.35 bits per heavy atom. The molecule has 0 heterocycles.